The Balaban J connectivity index is 2.19. The van der Waals surface area contributed by atoms with E-state index in [1.807, 2.05) is 12.3 Å². The Morgan fingerprint density at radius 2 is 1.94 bits per heavy atom. The summed E-state index contributed by atoms with van der Waals surface area (Å²) in [6.45, 7) is 1.72. The van der Waals surface area contributed by atoms with Gasteiger partial charge in [-0.1, -0.05) is 0 Å². The maximum Gasteiger partial charge on any atom is 0.255 e. The summed E-state index contributed by atoms with van der Waals surface area (Å²) < 4.78 is 0. The third kappa shape index (κ3) is 1.96. The lowest BCUT2D eigenvalue weighted by Gasteiger charge is -2.25. The van der Waals surface area contributed by atoms with Gasteiger partial charge < -0.3 is 4.90 Å². The van der Waals surface area contributed by atoms with E-state index in [-0.39, 0.29) is 19.0 Å². The Hall–Kier alpha value is -1.69. The molecule has 1 fully saturated rings. The van der Waals surface area contributed by atoms with Gasteiger partial charge in [-0.05, 0) is 17.9 Å². The van der Waals surface area contributed by atoms with Gasteiger partial charge in [0, 0.05) is 5.38 Å². The molecule has 1 N–H and O–H groups in total. The quantitative estimate of drug-likeness (QED) is 0.708. The summed E-state index contributed by atoms with van der Waals surface area (Å²) in [7, 11) is 0. The first-order valence-electron chi connectivity index (χ1n) is 4.72. The molecule has 0 unspecified atom stereocenters. The first-order chi connectivity index (χ1) is 7.58. The number of hydrogen-bond acceptors (Lipinski definition) is 4. The van der Waals surface area contributed by atoms with Crippen LogP contribution in [-0.4, -0.2) is 35.7 Å². The molecule has 0 atom stereocenters. The second kappa shape index (κ2) is 4.05. The van der Waals surface area contributed by atoms with Crippen LogP contribution in [0.3, 0.4) is 0 Å². The molecule has 0 radical (unpaired) electrons. The molecule has 1 aliphatic rings. The third-order valence-corrected chi connectivity index (χ3v) is 3.18. The highest BCUT2D eigenvalue weighted by Crippen LogP contribution is 2.16. The molecule has 1 aromatic heterocycles. The average molecular weight is 238 g/mol. The van der Waals surface area contributed by atoms with E-state index in [0.29, 0.717) is 5.56 Å². The zero-order valence-corrected chi connectivity index (χ0v) is 9.47. The van der Waals surface area contributed by atoms with Crippen molar-refractivity contribution < 1.29 is 14.4 Å². The van der Waals surface area contributed by atoms with Crippen molar-refractivity contribution in [2.75, 3.05) is 13.1 Å². The molecule has 0 spiro atoms. The van der Waals surface area contributed by atoms with E-state index in [1.54, 1.807) is 5.38 Å². The fourth-order valence-corrected chi connectivity index (χ4v) is 2.35. The molecule has 84 valence electrons. The number of hydrogen-bond donors (Lipinski definition) is 1. The largest absolute Gasteiger partial charge is 0.320 e. The SMILES string of the molecule is Cc1cscc1C(=O)N1CC(=O)NC(=O)C1. The van der Waals surface area contributed by atoms with Gasteiger partial charge in [-0.3, -0.25) is 19.7 Å². The van der Waals surface area contributed by atoms with Crippen molar-refractivity contribution in [2.24, 2.45) is 0 Å². The van der Waals surface area contributed by atoms with Crippen molar-refractivity contribution in [1.29, 1.82) is 0 Å². The number of nitrogens with zero attached hydrogens (tertiary/aromatic N) is 1. The lowest BCUT2D eigenvalue weighted by molar-refractivity contribution is -0.135. The van der Waals surface area contributed by atoms with Crippen molar-refractivity contribution in [3.63, 3.8) is 0 Å². The molecule has 5 nitrogen and oxygen atoms in total. The van der Waals surface area contributed by atoms with Gasteiger partial charge >= 0.3 is 0 Å². The number of rotatable bonds is 1. The van der Waals surface area contributed by atoms with Gasteiger partial charge in [0.2, 0.25) is 11.8 Å². The number of carbonyl (C=O) groups is 3. The number of nitrogens with one attached hydrogen (secondary N) is 1. The van der Waals surface area contributed by atoms with Gasteiger partial charge in [-0.15, -0.1) is 0 Å². The molecule has 3 amide bonds. The lowest BCUT2D eigenvalue weighted by Crippen LogP contribution is -2.53. The minimum Gasteiger partial charge on any atom is -0.320 e. The fourth-order valence-electron chi connectivity index (χ4n) is 1.53. The molecular formula is C10H10N2O3S. The molecule has 0 aliphatic carbocycles. The van der Waals surface area contributed by atoms with Gasteiger partial charge in [-0.25, -0.2) is 0 Å². The average Bonchev–Trinajstić information content (AvgIpc) is 2.62. The highest BCUT2D eigenvalue weighted by Gasteiger charge is 2.27. The van der Waals surface area contributed by atoms with Crippen LogP contribution in [0.2, 0.25) is 0 Å². The lowest BCUT2D eigenvalue weighted by atomic mass is 10.2. The van der Waals surface area contributed by atoms with Crippen LogP contribution in [0.1, 0.15) is 15.9 Å². The summed E-state index contributed by atoms with van der Waals surface area (Å²) in [5, 5.41) is 5.75. The summed E-state index contributed by atoms with van der Waals surface area (Å²) in [5.74, 6) is -1.13. The first-order valence-corrected chi connectivity index (χ1v) is 5.67. The first kappa shape index (κ1) is 10.8. The molecular weight excluding hydrogens is 228 g/mol. The highest BCUT2D eigenvalue weighted by atomic mass is 32.1. The molecule has 1 aromatic rings. The molecule has 1 saturated heterocycles. The number of carbonyl (C=O) groups excluding carboxylic acids is 3. The topological polar surface area (TPSA) is 66.5 Å². The molecule has 1 aliphatic heterocycles. The summed E-state index contributed by atoms with van der Waals surface area (Å²) >= 11 is 1.43. The zero-order chi connectivity index (χ0) is 11.7. The number of piperazine rings is 1. The van der Waals surface area contributed by atoms with Crippen molar-refractivity contribution in [2.45, 2.75) is 6.92 Å². The van der Waals surface area contributed by atoms with E-state index in [4.69, 9.17) is 0 Å². The Labute approximate surface area is 96.0 Å². The molecule has 2 heterocycles. The highest BCUT2D eigenvalue weighted by molar-refractivity contribution is 7.08. The summed E-state index contributed by atoms with van der Waals surface area (Å²) in [6, 6.07) is 0. The summed E-state index contributed by atoms with van der Waals surface area (Å²) in [5.41, 5.74) is 1.43. The smallest absolute Gasteiger partial charge is 0.255 e. The maximum atomic E-state index is 12.0. The van der Waals surface area contributed by atoms with E-state index < -0.39 is 11.8 Å². The van der Waals surface area contributed by atoms with Crippen LogP contribution in [0.4, 0.5) is 0 Å². The third-order valence-electron chi connectivity index (χ3n) is 2.32. The van der Waals surface area contributed by atoms with Gasteiger partial charge in [0.05, 0.1) is 5.56 Å². The normalized spacial score (nSPS) is 16.2. The maximum absolute atomic E-state index is 12.0. The van der Waals surface area contributed by atoms with Gasteiger partial charge in [0.15, 0.2) is 0 Å². The minimum atomic E-state index is -0.433. The summed E-state index contributed by atoms with van der Waals surface area (Å²) in [6.07, 6.45) is 0. The molecule has 0 saturated carbocycles. The fraction of sp³-hybridized carbons (Fsp3) is 0.300. The standard InChI is InChI=1S/C10H10N2O3S/c1-6-4-16-5-7(6)10(15)12-2-8(13)11-9(14)3-12/h4-5H,2-3H2,1H3,(H,11,13,14). The molecule has 16 heavy (non-hydrogen) atoms. The predicted octanol–water partition coefficient (Wildman–Crippen LogP) is 0.155. The second-order valence-corrected chi connectivity index (χ2v) is 4.34. The van der Waals surface area contributed by atoms with E-state index in [1.165, 1.54) is 16.2 Å². The molecule has 0 aromatic carbocycles. The van der Waals surface area contributed by atoms with Crippen LogP contribution >= 0.6 is 11.3 Å². The van der Waals surface area contributed by atoms with Crippen LogP contribution < -0.4 is 5.32 Å². The van der Waals surface area contributed by atoms with Crippen LogP contribution in [0.25, 0.3) is 0 Å². The van der Waals surface area contributed by atoms with Crippen LogP contribution in [0, 0.1) is 6.92 Å². The molecule has 2 rings (SSSR count). The molecule has 6 heteroatoms. The Kier molecular flexibility index (Phi) is 2.74. The van der Waals surface area contributed by atoms with Gasteiger partial charge in [-0.2, -0.15) is 11.3 Å². The van der Waals surface area contributed by atoms with Crippen LogP contribution in [-0.2, 0) is 9.59 Å². The van der Waals surface area contributed by atoms with Crippen LogP contribution in [0.5, 0.6) is 0 Å². The van der Waals surface area contributed by atoms with Crippen molar-refractivity contribution in [3.8, 4) is 0 Å². The Morgan fingerprint density at radius 1 is 1.31 bits per heavy atom. The number of thiophene rings is 1. The monoisotopic (exact) mass is 238 g/mol. The Bertz CT molecular complexity index is 450. The van der Waals surface area contributed by atoms with Gasteiger partial charge in [0.1, 0.15) is 13.1 Å². The summed E-state index contributed by atoms with van der Waals surface area (Å²) in [4.78, 5) is 35.5. The van der Waals surface area contributed by atoms with E-state index in [2.05, 4.69) is 5.32 Å². The van der Waals surface area contributed by atoms with E-state index >= 15 is 0 Å². The predicted molar refractivity (Wildman–Crippen MR) is 58.1 cm³/mol. The molecule has 0 bridgehead atoms. The second-order valence-electron chi connectivity index (χ2n) is 3.60. The van der Waals surface area contributed by atoms with E-state index in [9.17, 15) is 14.4 Å². The number of aryl methyl sites for hydroxylation is 1. The van der Waals surface area contributed by atoms with Gasteiger partial charge in [0.25, 0.3) is 5.91 Å². The minimum absolute atomic E-state index is 0.0557. The number of imide groups is 1. The number of amides is 3. The van der Waals surface area contributed by atoms with Crippen molar-refractivity contribution in [1.82, 2.24) is 10.2 Å². The van der Waals surface area contributed by atoms with Crippen molar-refractivity contribution >= 4 is 29.1 Å². The van der Waals surface area contributed by atoms with Crippen molar-refractivity contribution in [3.05, 3.63) is 21.9 Å². The zero-order valence-electron chi connectivity index (χ0n) is 8.65. The van der Waals surface area contributed by atoms with E-state index in [0.717, 1.165) is 5.56 Å². The van der Waals surface area contributed by atoms with Crippen LogP contribution in [0.15, 0.2) is 10.8 Å². The Morgan fingerprint density at radius 3 is 2.44 bits per heavy atom.